The van der Waals surface area contributed by atoms with E-state index < -0.39 is 0 Å². The highest BCUT2D eigenvalue weighted by Gasteiger charge is 2.22. The standard InChI is InChI=1S/C19H21ClFN3O/c20-16-7-5-15(6-8-16)13-22-14-19(25)24-11-9-23(10-12-24)18-4-2-1-3-17(18)21/h1-8,22H,9-14H2. The van der Waals surface area contributed by atoms with Crippen molar-refractivity contribution in [3.05, 3.63) is 64.9 Å². The molecule has 132 valence electrons. The van der Waals surface area contributed by atoms with Gasteiger partial charge in [-0.15, -0.1) is 0 Å². The summed E-state index contributed by atoms with van der Waals surface area (Å²) in [6, 6.07) is 14.3. The molecule has 1 N–H and O–H groups in total. The van der Waals surface area contributed by atoms with Crippen LogP contribution in [-0.2, 0) is 11.3 Å². The average Bonchev–Trinajstić information content (AvgIpc) is 2.64. The molecule has 2 aromatic rings. The number of nitrogens with one attached hydrogen (secondary N) is 1. The molecule has 3 rings (SSSR count). The summed E-state index contributed by atoms with van der Waals surface area (Å²) in [5.41, 5.74) is 1.69. The van der Waals surface area contributed by atoms with Crippen LogP contribution in [0.25, 0.3) is 0 Å². The Labute approximate surface area is 152 Å². The molecular formula is C19H21ClFN3O. The fourth-order valence-corrected chi connectivity index (χ4v) is 3.06. The van der Waals surface area contributed by atoms with Crippen LogP contribution in [0.2, 0.25) is 5.02 Å². The number of hydrogen-bond acceptors (Lipinski definition) is 3. The molecule has 0 aromatic heterocycles. The van der Waals surface area contributed by atoms with Crippen molar-refractivity contribution in [1.29, 1.82) is 0 Å². The summed E-state index contributed by atoms with van der Waals surface area (Å²) < 4.78 is 13.8. The van der Waals surface area contributed by atoms with Crippen molar-refractivity contribution < 1.29 is 9.18 Å². The summed E-state index contributed by atoms with van der Waals surface area (Å²) >= 11 is 5.85. The third-order valence-corrected chi connectivity index (χ3v) is 4.60. The van der Waals surface area contributed by atoms with Gasteiger partial charge in [0.15, 0.2) is 0 Å². The van der Waals surface area contributed by atoms with Crippen molar-refractivity contribution in [2.45, 2.75) is 6.54 Å². The monoisotopic (exact) mass is 361 g/mol. The first-order valence-corrected chi connectivity index (χ1v) is 8.74. The van der Waals surface area contributed by atoms with E-state index in [2.05, 4.69) is 5.32 Å². The van der Waals surface area contributed by atoms with E-state index in [0.717, 1.165) is 5.56 Å². The zero-order valence-corrected chi connectivity index (χ0v) is 14.7. The number of carbonyl (C=O) groups is 1. The molecule has 4 nitrogen and oxygen atoms in total. The molecule has 2 aromatic carbocycles. The third-order valence-electron chi connectivity index (χ3n) is 4.34. The number of hydrogen-bond donors (Lipinski definition) is 1. The highest BCUT2D eigenvalue weighted by molar-refractivity contribution is 6.30. The van der Waals surface area contributed by atoms with E-state index >= 15 is 0 Å². The maximum absolute atomic E-state index is 13.8. The zero-order chi connectivity index (χ0) is 17.6. The number of anilines is 1. The molecule has 0 bridgehead atoms. The Morgan fingerprint density at radius 1 is 1.04 bits per heavy atom. The minimum absolute atomic E-state index is 0.0714. The van der Waals surface area contributed by atoms with Crippen molar-refractivity contribution in [2.75, 3.05) is 37.6 Å². The summed E-state index contributed by atoms with van der Waals surface area (Å²) in [7, 11) is 0. The van der Waals surface area contributed by atoms with Gasteiger partial charge in [-0.1, -0.05) is 35.9 Å². The number of para-hydroxylation sites is 1. The van der Waals surface area contributed by atoms with Gasteiger partial charge in [-0.3, -0.25) is 4.79 Å². The van der Waals surface area contributed by atoms with E-state index in [4.69, 9.17) is 11.6 Å². The van der Waals surface area contributed by atoms with Gasteiger partial charge in [0.25, 0.3) is 0 Å². The van der Waals surface area contributed by atoms with E-state index in [9.17, 15) is 9.18 Å². The van der Waals surface area contributed by atoms with E-state index in [0.29, 0.717) is 50.0 Å². The topological polar surface area (TPSA) is 35.6 Å². The Morgan fingerprint density at radius 2 is 1.72 bits per heavy atom. The Morgan fingerprint density at radius 3 is 2.40 bits per heavy atom. The molecule has 0 saturated carbocycles. The largest absolute Gasteiger partial charge is 0.366 e. The summed E-state index contributed by atoms with van der Waals surface area (Å²) in [6.07, 6.45) is 0. The highest BCUT2D eigenvalue weighted by atomic mass is 35.5. The Hall–Kier alpha value is -2.11. The number of halogens is 2. The normalized spacial score (nSPS) is 14.6. The van der Waals surface area contributed by atoms with Crippen LogP contribution in [-0.4, -0.2) is 43.5 Å². The molecule has 0 radical (unpaired) electrons. The zero-order valence-electron chi connectivity index (χ0n) is 13.9. The van der Waals surface area contributed by atoms with Gasteiger partial charge in [0, 0.05) is 37.7 Å². The van der Waals surface area contributed by atoms with Gasteiger partial charge in [-0.05, 0) is 29.8 Å². The van der Waals surface area contributed by atoms with Crippen molar-refractivity contribution in [3.8, 4) is 0 Å². The molecular weight excluding hydrogens is 341 g/mol. The smallest absolute Gasteiger partial charge is 0.236 e. The van der Waals surface area contributed by atoms with Crippen molar-refractivity contribution >= 4 is 23.2 Å². The van der Waals surface area contributed by atoms with Gasteiger partial charge in [0.2, 0.25) is 5.91 Å². The van der Waals surface area contributed by atoms with Crippen LogP contribution in [0.5, 0.6) is 0 Å². The maximum atomic E-state index is 13.8. The van der Waals surface area contributed by atoms with Gasteiger partial charge in [0.1, 0.15) is 5.82 Å². The van der Waals surface area contributed by atoms with Crippen LogP contribution in [0.3, 0.4) is 0 Å². The first-order valence-electron chi connectivity index (χ1n) is 8.36. The maximum Gasteiger partial charge on any atom is 0.236 e. The molecule has 0 atom stereocenters. The van der Waals surface area contributed by atoms with Gasteiger partial charge in [0.05, 0.1) is 12.2 Å². The summed E-state index contributed by atoms with van der Waals surface area (Å²) in [6.45, 7) is 3.42. The molecule has 1 amide bonds. The fourth-order valence-electron chi connectivity index (χ4n) is 2.93. The van der Waals surface area contributed by atoms with Crippen LogP contribution in [0.4, 0.5) is 10.1 Å². The van der Waals surface area contributed by atoms with Crippen molar-refractivity contribution in [1.82, 2.24) is 10.2 Å². The van der Waals surface area contributed by atoms with Gasteiger partial charge >= 0.3 is 0 Å². The Kier molecular flexibility index (Phi) is 5.89. The van der Waals surface area contributed by atoms with Crippen LogP contribution >= 0.6 is 11.6 Å². The third kappa shape index (κ3) is 4.71. The first-order chi connectivity index (χ1) is 12.1. The second-order valence-electron chi connectivity index (χ2n) is 6.05. The second kappa shape index (κ2) is 8.32. The lowest BCUT2D eigenvalue weighted by molar-refractivity contribution is -0.130. The number of carbonyl (C=O) groups excluding carboxylic acids is 1. The van der Waals surface area contributed by atoms with E-state index in [-0.39, 0.29) is 11.7 Å². The molecule has 0 spiro atoms. The van der Waals surface area contributed by atoms with Crippen LogP contribution in [0.15, 0.2) is 48.5 Å². The average molecular weight is 362 g/mol. The summed E-state index contributed by atoms with van der Waals surface area (Å²) in [4.78, 5) is 16.1. The van der Waals surface area contributed by atoms with Crippen molar-refractivity contribution in [3.63, 3.8) is 0 Å². The molecule has 1 fully saturated rings. The lowest BCUT2D eigenvalue weighted by Crippen LogP contribution is -2.51. The summed E-state index contributed by atoms with van der Waals surface area (Å²) in [5, 5.41) is 3.86. The van der Waals surface area contributed by atoms with Gasteiger partial charge < -0.3 is 15.1 Å². The van der Waals surface area contributed by atoms with Crippen molar-refractivity contribution in [2.24, 2.45) is 0 Å². The van der Waals surface area contributed by atoms with Crippen LogP contribution < -0.4 is 10.2 Å². The fraction of sp³-hybridized carbons (Fsp3) is 0.316. The molecule has 0 aliphatic carbocycles. The molecule has 0 unspecified atom stereocenters. The number of rotatable bonds is 5. The number of piperazine rings is 1. The second-order valence-corrected chi connectivity index (χ2v) is 6.49. The van der Waals surface area contributed by atoms with Crippen LogP contribution in [0, 0.1) is 5.82 Å². The number of nitrogens with zero attached hydrogens (tertiary/aromatic N) is 2. The predicted octanol–water partition coefficient (Wildman–Crippen LogP) is 2.92. The highest BCUT2D eigenvalue weighted by Crippen LogP contribution is 2.20. The van der Waals surface area contributed by atoms with Gasteiger partial charge in [-0.25, -0.2) is 4.39 Å². The first kappa shape index (κ1) is 17.7. The van der Waals surface area contributed by atoms with E-state index in [1.165, 1.54) is 6.07 Å². The Balaban J connectivity index is 1.44. The molecule has 6 heteroatoms. The molecule has 25 heavy (non-hydrogen) atoms. The predicted molar refractivity (Wildman–Crippen MR) is 98.4 cm³/mol. The molecule has 1 aliphatic rings. The summed E-state index contributed by atoms with van der Waals surface area (Å²) in [5.74, 6) is -0.144. The Bertz CT molecular complexity index is 715. The molecule has 1 heterocycles. The van der Waals surface area contributed by atoms with E-state index in [1.54, 1.807) is 12.1 Å². The molecule has 1 aliphatic heterocycles. The van der Waals surface area contributed by atoms with Crippen LogP contribution in [0.1, 0.15) is 5.56 Å². The minimum atomic E-state index is -0.216. The minimum Gasteiger partial charge on any atom is -0.366 e. The lowest BCUT2D eigenvalue weighted by Gasteiger charge is -2.36. The SMILES string of the molecule is O=C(CNCc1ccc(Cl)cc1)N1CCN(c2ccccc2F)CC1. The lowest BCUT2D eigenvalue weighted by atomic mass is 10.2. The van der Waals surface area contributed by atoms with Gasteiger partial charge in [-0.2, -0.15) is 0 Å². The quantitative estimate of drug-likeness (QED) is 0.889. The number of benzene rings is 2. The van der Waals surface area contributed by atoms with E-state index in [1.807, 2.05) is 40.1 Å². The number of amides is 1. The molecule has 1 saturated heterocycles.